The molecule has 0 heterocycles. The number of aryl methyl sites for hydroxylation is 1. The fourth-order valence-corrected chi connectivity index (χ4v) is 3.00. The Morgan fingerprint density at radius 3 is 2.06 bits per heavy atom. The third-order valence-electron chi connectivity index (χ3n) is 3.86. The number of halogens is 6. The van der Waals surface area contributed by atoms with Crippen molar-refractivity contribution >= 4 is 21.4 Å². The van der Waals surface area contributed by atoms with Gasteiger partial charge < -0.3 is 4.84 Å². The molecule has 0 saturated carbocycles. The second-order valence-electron chi connectivity index (χ2n) is 6.21. The van der Waals surface area contributed by atoms with Crippen LogP contribution in [0.2, 0.25) is 0 Å². The van der Waals surface area contributed by atoms with Crippen LogP contribution in [0.3, 0.4) is 0 Å². The van der Waals surface area contributed by atoms with Crippen molar-refractivity contribution in [1.82, 2.24) is 0 Å². The summed E-state index contributed by atoms with van der Waals surface area (Å²) in [6.45, 7) is 10.4. The monoisotopic (exact) mass is 514 g/mol. The Kier molecular flexibility index (Phi) is 12.1. The van der Waals surface area contributed by atoms with Gasteiger partial charge in [0.25, 0.3) is 0 Å². The van der Waals surface area contributed by atoms with Gasteiger partial charge in [-0.05, 0) is 32.0 Å². The number of hydrogen-bond donors (Lipinski definition) is 1. The molecular weight excluding hydrogens is 486 g/mol. The van der Waals surface area contributed by atoms with E-state index in [-0.39, 0.29) is 16.8 Å². The highest BCUT2D eigenvalue weighted by molar-refractivity contribution is 7.93. The highest BCUT2D eigenvalue weighted by atomic mass is 32.2. The van der Waals surface area contributed by atoms with Crippen molar-refractivity contribution in [3.8, 4) is 0 Å². The molecule has 5 nitrogen and oxygen atoms in total. The van der Waals surface area contributed by atoms with Crippen LogP contribution in [0, 0.1) is 6.92 Å². The smallest absolute Gasteiger partial charge is 0.391 e. The Balaban J connectivity index is 0.00000258. The molecular formula is C22H28F6N2O3S. The first-order chi connectivity index (χ1) is 15.7. The number of alkyl halides is 6. The number of anilines is 1. The van der Waals surface area contributed by atoms with Crippen molar-refractivity contribution in [2.24, 2.45) is 5.16 Å². The molecule has 0 aromatic heterocycles. The maximum Gasteiger partial charge on any atom is 0.516 e. The Bertz CT molecular complexity index is 1050. The number of hydrogen-bond acceptors (Lipinski definition) is 4. The summed E-state index contributed by atoms with van der Waals surface area (Å²) in [4.78, 5) is 4.95. The molecule has 0 amide bonds. The van der Waals surface area contributed by atoms with Gasteiger partial charge >= 0.3 is 21.7 Å². The van der Waals surface area contributed by atoms with Crippen molar-refractivity contribution in [3.05, 3.63) is 64.7 Å². The highest BCUT2D eigenvalue weighted by Crippen LogP contribution is 2.32. The molecule has 0 unspecified atom stereocenters. The van der Waals surface area contributed by atoms with Gasteiger partial charge in [0.15, 0.2) is 0 Å². The molecule has 0 aliphatic rings. The molecule has 2 rings (SSSR count). The van der Waals surface area contributed by atoms with E-state index < -0.39 is 39.6 Å². The van der Waals surface area contributed by atoms with Gasteiger partial charge in [-0.15, -0.1) is 0 Å². The predicted octanol–water partition coefficient (Wildman–Crippen LogP) is 7.27. The summed E-state index contributed by atoms with van der Waals surface area (Å²) in [5.41, 5.74) is -6.51. The van der Waals surface area contributed by atoms with Crippen LogP contribution in [-0.2, 0) is 27.6 Å². The van der Waals surface area contributed by atoms with Gasteiger partial charge in [-0.25, -0.2) is 0 Å². The summed E-state index contributed by atoms with van der Waals surface area (Å²) >= 11 is 0. The Labute approximate surface area is 195 Å². The summed E-state index contributed by atoms with van der Waals surface area (Å²) in [7, 11) is -5.68. The van der Waals surface area contributed by atoms with Crippen molar-refractivity contribution in [2.45, 2.75) is 59.8 Å². The zero-order valence-corrected chi connectivity index (χ0v) is 20.4. The number of rotatable bonds is 6. The van der Waals surface area contributed by atoms with Crippen LogP contribution in [0.1, 0.15) is 56.9 Å². The van der Waals surface area contributed by atoms with Crippen LogP contribution < -0.4 is 4.72 Å². The lowest BCUT2D eigenvalue weighted by atomic mass is 10.1. The lowest BCUT2D eigenvalue weighted by molar-refractivity contribution is -0.138. The molecule has 2 aromatic rings. The van der Waals surface area contributed by atoms with Crippen LogP contribution in [-0.4, -0.2) is 19.6 Å². The minimum Gasteiger partial charge on any atom is -0.391 e. The van der Waals surface area contributed by atoms with E-state index in [0.717, 1.165) is 12.1 Å². The first kappa shape index (κ1) is 31.2. The number of nitrogens with zero attached hydrogens (tertiary/aromatic N) is 1. The average Bonchev–Trinajstić information content (AvgIpc) is 2.76. The molecule has 34 heavy (non-hydrogen) atoms. The van der Waals surface area contributed by atoms with Crippen molar-refractivity contribution in [2.75, 3.05) is 4.72 Å². The van der Waals surface area contributed by atoms with E-state index in [1.54, 1.807) is 6.92 Å². The van der Waals surface area contributed by atoms with Gasteiger partial charge in [0.2, 0.25) is 0 Å². The molecule has 1 N–H and O–H groups in total. The fraction of sp³-hybridized carbons (Fsp3) is 0.409. The summed E-state index contributed by atoms with van der Waals surface area (Å²) < 4.78 is 101. The van der Waals surface area contributed by atoms with Gasteiger partial charge in [0, 0.05) is 11.1 Å². The molecule has 0 saturated heterocycles. The first-order valence-electron chi connectivity index (χ1n) is 10.2. The van der Waals surface area contributed by atoms with Crippen LogP contribution >= 0.6 is 0 Å². The molecule has 2 aromatic carbocycles. The number of benzene rings is 2. The Hall–Kier alpha value is -2.76. The van der Waals surface area contributed by atoms with Gasteiger partial charge in [-0.2, -0.15) is 34.8 Å². The van der Waals surface area contributed by atoms with E-state index >= 15 is 0 Å². The van der Waals surface area contributed by atoms with E-state index in [9.17, 15) is 34.8 Å². The van der Waals surface area contributed by atoms with Crippen molar-refractivity contribution in [1.29, 1.82) is 0 Å². The van der Waals surface area contributed by atoms with E-state index in [1.807, 2.05) is 27.7 Å². The number of oxime groups is 1. The third kappa shape index (κ3) is 8.88. The van der Waals surface area contributed by atoms with Crippen LogP contribution in [0.25, 0.3) is 0 Å². The van der Waals surface area contributed by atoms with Crippen LogP contribution in [0.5, 0.6) is 0 Å². The minimum atomic E-state index is -5.68. The van der Waals surface area contributed by atoms with Gasteiger partial charge in [-0.1, -0.05) is 62.7 Å². The predicted molar refractivity (Wildman–Crippen MR) is 121 cm³/mol. The van der Waals surface area contributed by atoms with Gasteiger partial charge in [0.05, 0.1) is 17.0 Å². The van der Waals surface area contributed by atoms with Crippen LogP contribution in [0.15, 0.2) is 47.6 Å². The topological polar surface area (TPSA) is 67.8 Å². The normalized spacial score (nSPS) is 12.1. The van der Waals surface area contributed by atoms with Crippen molar-refractivity contribution in [3.63, 3.8) is 0 Å². The SMILES string of the molecule is C/C(=N\OCc1ccccc1C(F)(F)F)c1cc(C)ccc1NS(=O)(=O)C(F)(F)F.CC.CC. The molecule has 0 aliphatic carbocycles. The molecule has 0 aliphatic heterocycles. The van der Waals surface area contributed by atoms with E-state index in [4.69, 9.17) is 4.84 Å². The molecule has 12 heteroatoms. The second-order valence-corrected chi connectivity index (χ2v) is 7.88. The van der Waals surface area contributed by atoms with E-state index in [1.165, 1.54) is 42.0 Å². The summed E-state index contributed by atoms with van der Waals surface area (Å²) in [5, 5.41) is 3.64. The Morgan fingerprint density at radius 2 is 1.53 bits per heavy atom. The summed E-state index contributed by atoms with van der Waals surface area (Å²) in [6, 6.07) is 8.53. The zero-order chi connectivity index (χ0) is 26.7. The average molecular weight is 515 g/mol. The maximum absolute atomic E-state index is 13.0. The van der Waals surface area contributed by atoms with Crippen LogP contribution in [0.4, 0.5) is 32.0 Å². The standard InChI is InChI=1S/C18H16F6N2O3S.2C2H6/c1-11-7-8-16(26-30(27,28)18(22,23)24)14(9-11)12(2)25-29-10-13-5-3-4-6-15(13)17(19,20)21;2*1-2/h3-9,26H,10H2,1-2H3;2*1-2H3/b25-12+;;. The molecule has 192 valence electrons. The maximum atomic E-state index is 13.0. The molecule has 0 atom stereocenters. The fourth-order valence-electron chi connectivity index (χ4n) is 2.42. The van der Waals surface area contributed by atoms with Gasteiger partial charge in [0.1, 0.15) is 6.61 Å². The zero-order valence-electron chi connectivity index (χ0n) is 19.6. The molecule has 0 spiro atoms. The quantitative estimate of drug-likeness (QED) is 0.250. The third-order valence-corrected chi connectivity index (χ3v) is 4.96. The molecule has 0 bridgehead atoms. The lowest BCUT2D eigenvalue weighted by Crippen LogP contribution is -2.30. The summed E-state index contributed by atoms with van der Waals surface area (Å²) in [6.07, 6.45) is -4.60. The highest BCUT2D eigenvalue weighted by Gasteiger charge is 2.46. The summed E-state index contributed by atoms with van der Waals surface area (Å²) in [5.74, 6) is 0. The minimum absolute atomic E-state index is 0.0214. The largest absolute Gasteiger partial charge is 0.516 e. The molecule has 0 fully saturated rings. The van der Waals surface area contributed by atoms with Gasteiger partial charge in [-0.3, -0.25) is 4.72 Å². The Morgan fingerprint density at radius 1 is 0.971 bits per heavy atom. The first-order valence-corrected chi connectivity index (χ1v) is 11.7. The molecule has 0 radical (unpaired) electrons. The second kappa shape index (κ2) is 13.2. The van der Waals surface area contributed by atoms with E-state index in [0.29, 0.717) is 5.56 Å². The lowest BCUT2D eigenvalue weighted by Gasteiger charge is -2.15. The number of nitrogens with one attached hydrogen (secondary N) is 1. The number of sulfonamides is 1. The van der Waals surface area contributed by atoms with Crippen molar-refractivity contribution < 1.29 is 39.6 Å². The van der Waals surface area contributed by atoms with E-state index in [2.05, 4.69) is 5.16 Å².